The molecule has 22 heavy (non-hydrogen) atoms. The van der Waals surface area contributed by atoms with Gasteiger partial charge in [0.2, 0.25) is 11.8 Å². The van der Waals surface area contributed by atoms with E-state index in [1.807, 2.05) is 47.8 Å². The summed E-state index contributed by atoms with van der Waals surface area (Å²) in [7, 11) is 0. The Morgan fingerprint density at radius 1 is 1.27 bits per heavy atom. The first-order valence-corrected chi connectivity index (χ1v) is 8.90. The van der Waals surface area contributed by atoms with Gasteiger partial charge in [0.05, 0.1) is 5.75 Å². The number of carbonyl (C=O) groups excluding carboxylic acids is 2. The summed E-state index contributed by atoms with van der Waals surface area (Å²) >= 11 is 3.01. The maximum atomic E-state index is 12.6. The summed E-state index contributed by atoms with van der Waals surface area (Å²) in [4.78, 5) is 28.4. The molecule has 1 N–H and O–H groups in total. The highest BCUT2D eigenvalue weighted by molar-refractivity contribution is 8.00. The zero-order valence-corrected chi connectivity index (χ0v) is 13.5. The summed E-state index contributed by atoms with van der Waals surface area (Å²) in [6.07, 6.45) is 0. The van der Waals surface area contributed by atoms with Crippen molar-refractivity contribution in [3.8, 4) is 0 Å². The van der Waals surface area contributed by atoms with Crippen LogP contribution in [0.25, 0.3) is 0 Å². The average Bonchev–Trinajstić information content (AvgIpc) is 3.07. The Morgan fingerprint density at radius 2 is 2.09 bits per heavy atom. The molecule has 1 aliphatic heterocycles. The molecular formula is C16H16N2O2S2. The Bertz CT molecular complexity index is 643. The molecule has 0 aliphatic carbocycles. The van der Waals surface area contributed by atoms with E-state index in [9.17, 15) is 9.59 Å². The third-order valence-corrected chi connectivity index (χ3v) is 5.37. The van der Waals surface area contributed by atoms with Gasteiger partial charge in [-0.3, -0.25) is 9.59 Å². The normalized spacial score (nSPS) is 18.1. The summed E-state index contributed by atoms with van der Waals surface area (Å²) in [5.41, 5.74) is 0. The lowest BCUT2D eigenvalue weighted by Gasteiger charge is -2.34. The number of rotatable bonds is 4. The third kappa shape index (κ3) is 3.34. The lowest BCUT2D eigenvalue weighted by molar-refractivity contribution is -0.141. The second kappa shape index (κ2) is 6.98. The number of nitrogens with one attached hydrogen (secondary N) is 1. The minimum Gasteiger partial charge on any atom is -0.352 e. The van der Waals surface area contributed by atoms with Gasteiger partial charge in [-0.05, 0) is 23.6 Å². The molecule has 2 amide bonds. The van der Waals surface area contributed by atoms with Crippen molar-refractivity contribution in [1.29, 1.82) is 0 Å². The molecule has 2 aromatic rings. The van der Waals surface area contributed by atoms with E-state index < -0.39 is 6.04 Å². The van der Waals surface area contributed by atoms with Crippen LogP contribution >= 0.6 is 23.1 Å². The molecule has 0 radical (unpaired) electrons. The molecule has 4 nitrogen and oxygen atoms in total. The Labute approximate surface area is 137 Å². The Kier molecular flexibility index (Phi) is 4.80. The molecule has 1 aliphatic rings. The van der Waals surface area contributed by atoms with Crippen molar-refractivity contribution in [3.05, 3.63) is 52.7 Å². The summed E-state index contributed by atoms with van der Waals surface area (Å²) in [5, 5.41) is 4.78. The van der Waals surface area contributed by atoms with Crippen LogP contribution in [0.3, 0.4) is 0 Å². The zero-order valence-electron chi connectivity index (χ0n) is 11.9. The highest BCUT2D eigenvalue weighted by atomic mass is 32.2. The molecule has 0 spiro atoms. The maximum Gasteiger partial charge on any atom is 0.248 e. The van der Waals surface area contributed by atoms with E-state index in [-0.39, 0.29) is 11.8 Å². The number of carbonyl (C=O) groups is 2. The number of benzene rings is 1. The van der Waals surface area contributed by atoms with Crippen molar-refractivity contribution in [2.45, 2.75) is 10.9 Å². The topological polar surface area (TPSA) is 49.4 Å². The van der Waals surface area contributed by atoms with Crippen molar-refractivity contribution in [2.75, 3.05) is 18.8 Å². The molecule has 1 aromatic carbocycles. The second-order valence-corrected chi connectivity index (χ2v) is 6.93. The third-order valence-electron chi connectivity index (χ3n) is 3.45. The minimum atomic E-state index is -0.488. The monoisotopic (exact) mass is 332 g/mol. The summed E-state index contributed by atoms with van der Waals surface area (Å²) in [5.74, 6) is 0.257. The number of nitrogens with zero attached hydrogens (tertiary/aromatic N) is 1. The zero-order chi connectivity index (χ0) is 15.4. The smallest absolute Gasteiger partial charge is 0.248 e. The van der Waals surface area contributed by atoms with Crippen LogP contribution in [0.15, 0.2) is 52.7 Å². The van der Waals surface area contributed by atoms with Gasteiger partial charge in [0, 0.05) is 22.9 Å². The summed E-state index contributed by atoms with van der Waals surface area (Å²) < 4.78 is 0. The Hall–Kier alpha value is -1.79. The van der Waals surface area contributed by atoms with Crippen molar-refractivity contribution >= 4 is 34.9 Å². The highest BCUT2D eigenvalue weighted by Crippen LogP contribution is 2.28. The molecule has 2 heterocycles. The van der Waals surface area contributed by atoms with Gasteiger partial charge in [-0.2, -0.15) is 0 Å². The molecular weight excluding hydrogens is 316 g/mol. The Morgan fingerprint density at radius 3 is 2.82 bits per heavy atom. The predicted molar refractivity (Wildman–Crippen MR) is 88.9 cm³/mol. The average molecular weight is 332 g/mol. The van der Waals surface area contributed by atoms with Crippen LogP contribution in [-0.2, 0) is 9.59 Å². The fraction of sp³-hybridized carbons (Fsp3) is 0.250. The molecule has 3 rings (SSSR count). The molecule has 1 atom stereocenters. The van der Waals surface area contributed by atoms with E-state index in [0.717, 1.165) is 9.77 Å². The fourth-order valence-corrected chi connectivity index (χ4v) is 4.05. The molecule has 0 bridgehead atoms. The standard InChI is InChI=1S/C16H16N2O2S2/c19-14(11-22-12-5-2-1-3-6-12)18-9-8-17-16(20)15(18)13-7-4-10-21-13/h1-7,10,15H,8-9,11H2,(H,17,20)/t15-/m1/s1. The van der Waals surface area contributed by atoms with E-state index in [0.29, 0.717) is 18.8 Å². The Balaban J connectivity index is 1.70. The van der Waals surface area contributed by atoms with Gasteiger partial charge in [0.25, 0.3) is 0 Å². The first kappa shape index (κ1) is 15.1. The summed E-state index contributed by atoms with van der Waals surface area (Å²) in [6, 6.07) is 13.2. The van der Waals surface area contributed by atoms with Crippen LogP contribution < -0.4 is 5.32 Å². The van der Waals surface area contributed by atoms with E-state index in [1.54, 1.807) is 4.90 Å². The predicted octanol–water partition coefficient (Wildman–Crippen LogP) is 2.54. The molecule has 6 heteroatoms. The van der Waals surface area contributed by atoms with Crippen molar-refractivity contribution in [1.82, 2.24) is 10.2 Å². The van der Waals surface area contributed by atoms with Gasteiger partial charge in [0.1, 0.15) is 6.04 Å². The number of hydrogen-bond acceptors (Lipinski definition) is 4. The van der Waals surface area contributed by atoms with Crippen LogP contribution in [-0.4, -0.2) is 35.6 Å². The first-order valence-electron chi connectivity index (χ1n) is 7.04. The molecule has 114 valence electrons. The SMILES string of the molecule is O=C1NCCN(C(=O)CSc2ccccc2)[C@@H]1c1cccs1. The van der Waals surface area contributed by atoms with Crippen molar-refractivity contribution < 1.29 is 9.59 Å². The van der Waals surface area contributed by atoms with Gasteiger partial charge >= 0.3 is 0 Å². The van der Waals surface area contributed by atoms with Gasteiger partial charge in [-0.15, -0.1) is 23.1 Å². The number of thioether (sulfide) groups is 1. The number of piperazine rings is 1. The molecule has 0 saturated carbocycles. The quantitative estimate of drug-likeness (QED) is 0.876. The second-order valence-electron chi connectivity index (χ2n) is 4.90. The van der Waals surface area contributed by atoms with Crippen LogP contribution in [0.4, 0.5) is 0 Å². The van der Waals surface area contributed by atoms with Crippen LogP contribution in [0, 0.1) is 0 Å². The van der Waals surface area contributed by atoms with E-state index in [1.165, 1.54) is 23.1 Å². The molecule has 1 aromatic heterocycles. The summed E-state index contributed by atoms with van der Waals surface area (Å²) in [6.45, 7) is 1.07. The first-order chi connectivity index (χ1) is 10.8. The maximum absolute atomic E-state index is 12.6. The minimum absolute atomic E-state index is 0.00195. The van der Waals surface area contributed by atoms with E-state index in [2.05, 4.69) is 5.32 Å². The van der Waals surface area contributed by atoms with Crippen molar-refractivity contribution in [3.63, 3.8) is 0 Å². The van der Waals surface area contributed by atoms with Crippen LogP contribution in [0.1, 0.15) is 10.9 Å². The number of hydrogen-bond donors (Lipinski definition) is 1. The molecule has 0 unspecified atom stereocenters. The van der Waals surface area contributed by atoms with Crippen LogP contribution in [0.2, 0.25) is 0 Å². The highest BCUT2D eigenvalue weighted by Gasteiger charge is 2.34. The van der Waals surface area contributed by atoms with Gasteiger partial charge in [0.15, 0.2) is 0 Å². The lowest BCUT2D eigenvalue weighted by atomic mass is 10.1. The fourth-order valence-electron chi connectivity index (χ4n) is 2.41. The van der Waals surface area contributed by atoms with Crippen molar-refractivity contribution in [2.24, 2.45) is 0 Å². The lowest BCUT2D eigenvalue weighted by Crippen LogP contribution is -2.52. The molecule has 1 fully saturated rings. The van der Waals surface area contributed by atoms with E-state index in [4.69, 9.17) is 0 Å². The van der Waals surface area contributed by atoms with Gasteiger partial charge < -0.3 is 10.2 Å². The van der Waals surface area contributed by atoms with Gasteiger partial charge in [-0.1, -0.05) is 24.3 Å². The number of thiophene rings is 1. The molecule has 1 saturated heterocycles. The largest absolute Gasteiger partial charge is 0.352 e. The van der Waals surface area contributed by atoms with Gasteiger partial charge in [-0.25, -0.2) is 0 Å². The van der Waals surface area contributed by atoms with Crippen LogP contribution in [0.5, 0.6) is 0 Å². The number of amides is 2. The van der Waals surface area contributed by atoms with E-state index >= 15 is 0 Å².